The number of amides is 1. The van der Waals surface area contributed by atoms with Gasteiger partial charge in [0.25, 0.3) is 0 Å². The number of aliphatic hydroxyl groups excluding tert-OH is 1. The highest BCUT2D eigenvalue weighted by Crippen LogP contribution is 2.31. The standard InChI is InChI=1S/C16H15NO3/c18-14-10-11-4-1-2-6-13(11)16(14)17-15(19)8-7-12-5-3-9-20-12/h1-9,14,16,18H,10H2,(H,17,19)/b8-7+/t14-,16+/m1/s1. The van der Waals surface area contributed by atoms with Crippen LogP contribution < -0.4 is 5.32 Å². The predicted octanol–water partition coefficient (Wildman–Crippen LogP) is 2.07. The Morgan fingerprint density at radius 3 is 2.95 bits per heavy atom. The summed E-state index contributed by atoms with van der Waals surface area (Å²) in [4.78, 5) is 11.9. The van der Waals surface area contributed by atoms with Gasteiger partial charge in [-0.3, -0.25) is 4.79 Å². The molecule has 0 spiro atoms. The summed E-state index contributed by atoms with van der Waals surface area (Å²) in [5.74, 6) is 0.370. The van der Waals surface area contributed by atoms with E-state index in [0.29, 0.717) is 12.2 Å². The van der Waals surface area contributed by atoms with E-state index in [2.05, 4.69) is 5.32 Å². The molecule has 1 amide bonds. The summed E-state index contributed by atoms with van der Waals surface area (Å²) in [6.45, 7) is 0. The largest absolute Gasteiger partial charge is 0.465 e. The number of furan rings is 1. The Kier molecular flexibility index (Phi) is 3.39. The van der Waals surface area contributed by atoms with Crippen LogP contribution in [0.1, 0.15) is 22.9 Å². The van der Waals surface area contributed by atoms with E-state index in [1.165, 1.54) is 6.08 Å². The molecule has 1 aromatic carbocycles. The van der Waals surface area contributed by atoms with Gasteiger partial charge in [0, 0.05) is 12.5 Å². The lowest BCUT2D eigenvalue weighted by Gasteiger charge is -2.16. The molecule has 0 radical (unpaired) electrons. The first-order valence-electron chi connectivity index (χ1n) is 6.52. The monoisotopic (exact) mass is 269 g/mol. The van der Waals surface area contributed by atoms with E-state index >= 15 is 0 Å². The molecular formula is C16H15NO3. The van der Waals surface area contributed by atoms with Gasteiger partial charge in [-0.05, 0) is 29.3 Å². The molecule has 2 aromatic rings. The van der Waals surface area contributed by atoms with Crippen LogP contribution in [-0.4, -0.2) is 17.1 Å². The number of benzene rings is 1. The molecule has 1 aromatic heterocycles. The van der Waals surface area contributed by atoms with Crippen molar-refractivity contribution >= 4 is 12.0 Å². The van der Waals surface area contributed by atoms with Crippen molar-refractivity contribution in [3.8, 4) is 0 Å². The maximum atomic E-state index is 11.9. The van der Waals surface area contributed by atoms with E-state index in [1.54, 1.807) is 24.5 Å². The van der Waals surface area contributed by atoms with E-state index < -0.39 is 6.10 Å². The van der Waals surface area contributed by atoms with Gasteiger partial charge >= 0.3 is 0 Å². The minimum absolute atomic E-state index is 0.248. The van der Waals surface area contributed by atoms with E-state index in [4.69, 9.17) is 4.42 Å². The van der Waals surface area contributed by atoms with Crippen molar-refractivity contribution in [3.05, 3.63) is 65.6 Å². The molecule has 1 aliphatic carbocycles. The molecular weight excluding hydrogens is 254 g/mol. The summed E-state index contributed by atoms with van der Waals surface area (Å²) in [5, 5.41) is 12.9. The van der Waals surface area contributed by atoms with Crippen LogP contribution in [0.4, 0.5) is 0 Å². The summed E-state index contributed by atoms with van der Waals surface area (Å²) in [7, 11) is 0. The number of aliphatic hydroxyl groups is 1. The predicted molar refractivity (Wildman–Crippen MR) is 74.8 cm³/mol. The Labute approximate surface area is 116 Å². The Balaban J connectivity index is 1.70. The van der Waals surface area contributed by atoms with Gasteiger partial charge in [0.2, 0.25) is 5.91 Å². The summed E-state index contributed by atoms with van der Waals surface area (Å²) in [6.07, 6.45) is 4.56. The van der Waals surface area contributed by atoms with Crippen molar-refractivity contribution in [2.75, 3.05) is 0 Å². The van der Waals surface area contributed by atoms with Crippen molar-refractivity contribution in [2.24, 2.45) is 0 Å². The van der Waals surface area contributed by atoms with Crippen LogP contribution >= 0.6 is 0 Å². The number of fused-ring (bicyclic) bond motifs is 1. The van der Waals surface area contributed by atoms with Gasteiger partial charge in [0.1, 0.15) is 5.76 Å². The molecule has 2 atom stereocenters. The second kappa shape index (κ2) is 5.35. The molecule has 0 bridgehead atoms. The summed E-state index contributed by atoms with van der Waals surface area (Å²) in [6, 6.07) is 10.9. The number of hydrogen-bond donors (Lipinski definition) is 2. The lowest BCUT2D eigenvalue weighted by atomic mass is 10.1. The third-order valence-corrected chi connectivity index (χ3v) is 3.44. The lowest BCUT2D eigenvalue weighted by molar-refractivity contribution is -0.117. The average molecular weight is 269 g/mol. The Morgan fingerprint density at radius 1 is 1.30 bits per heavy atom. The fraction of sp³-hybridized carbons (Fsp3) is 0.188. The molecule has 3 rings (SSSR count). The molecule has 2 N–H and O–H groups in total. The number of carbonyl (C=O) groups excluding carboxylic acids is 1. The Bertz CT molecular complexity index is 631. The van der Waals surface area contributed by atoms with Crippen molar-refractivity contribution in [2.45, 2.75) is 18.6 Å². The van der Waals surface area contributed by atoms with E-state index in [1.807, 2.05) is 24.3 Å². The molecule has 102 valence electrons. The molecule has 4 heteroatoms. The van der Waals surface area contributed by atoms with E-state index in [-0.39, 0.29) is 11.9 Å². The molecule has 0 unspecified atom stereocenters. The highest BCUT2D eigenvalue weighted by molar-refractivity contribution is 5.91. The topological polar surface area (TPSA) is 62.5 Å². The zero-order valence-corrected chi connectivity index (χ0v) is 10.8. The number of hydrogen-bond acceptors (Lipinski definition) is 3. The third-order valence-electron chi connectivity index (χ3n) is 3.44. The van der Waals surface area contributed by atoms with Gasteiger partial charge in [-0.15, -0.1) is 0 Å². The molecule has 1 aliphatic rings. The number of carbonyl (C=O) groups is 1. The van der Waals surface area contributed by atoms with Gasteiger partial charge in [0.15, 0.2) is 0 Å². The zero-order chi connectivity index (χ0) is 13.9. The minimum Gasteiger partial charge on any atom is -0.465 e. The van der Waals surface area contributed by atoms with Gasteiger partial charge in [0.05, 0.1) is 18.4 Å². The molecule has 0 saturated heterocycles. The summed E-state index contributed by atoms with van der Waals surface area (Å²) < 4.78 is 5.12. The fourth-order valence-electron chi connectivity index (χ4n) is 2.49. The maximum Gasteiger partial charge on any atom is 0.244 e. The van der Waals surface area contributed by atoms with Crippen LogP contribution in [-0.2, 0) is 11.2 Å². The number of nitrogens with one attached hydrogen (secondary N) is 1. The van der Waals surface area contributed by atoms with E-state index in [0.717, 1.165) is 11.1 Å². The van der Waals surface area contributed by atoms with Crippen LogP contribution in [0, 0.1) is 0 Å². The summed E-state index contributed by atoms with van der Waals surface area (Å²) >= 11 is 0. The molecule has 0 fully saturated rings. The molecule has 20 heavy (non-hydrogen) atoms. The fourth-order valence-corrected chi connectivity index (χ4v) is 2.49. The second-order valence-electron chi connectivity index (χ2n) is 4.81. The lowest BCUT2D eigenvalue weighted by Crippen LogP contribution is -2.32. The SMILES string of the molecule is O=C(/C=C/c1ccco1)N[C@H]1c2ccccc2C[C@H]1O. The van der Waals surface area contributed by atoms with Gasteiger partial charge in [-0.2, -0.15) is 0 Å². The van der Waals surface area contributed by atoms with Crippen molar-refractivity contribution in [1.29, 1.82) is 0 Å². The van der Waals surface area contributed by atoms with Crippen molar-refractivity contribution in [3.63, 3.8) is 0 Å². The van der Waals surface area contributed by atoms with Gasteiger partial charge in [-0.1, -0.05) is 24.3 Å². The maximum absolute atomic E-state index is 11.9. The highest BCUT2D eigenvalue weighted by Gasteiger charge is 2.31. The van der Waals surface area contributed by atoms with Crippen LogP contribution in [0.2, 0.25) is 0 Å². The Morgan fingerprint density at radius 2 is 2.15 bits per heavy atom. The van der Waals surface area contributed by atoms with Crippen LogP contribution in [0.15, 0.2) is 53.2 Å². The number of rotatable bonds is 3. The second-order valence-corrected chi connectivity index (χ2v) is 4.81. The Hall–Kier alpha value is -2.33. The zero-order valence-electron chi connectivity index (χ0n) is 10.8. The third kappa shape index (κ3) is 2.51. The first kappa shape index (κ1) is 12.7. The molecule has 0 aliphatic heterocycles. The van der Waals surface area contributed by atoms with Gasteiger partial charge in [-0.25, -0.2) is 0 Å². The quantitative estimate of drug-likeness (QED) is 0.838. The minimum atomic E-state index is -0.576. The van der Waals surface area contributed by atoms with E-state index in [9.17, 15) is 9.90 Å². The van der Waals surface area contributed by atoms with Crippen LogP contribution in [0.25, 0.3) is 6.08 Å². The summed E-state index contributed by atoms with van der Waals surface area (Å²) in [5.41, 5.74) is 2.07. The first-order chi connectivity index (χ1) is 9.74. The normalized spacial score (nSPS) is 21.1. The smallest absolute Gasteiger partial charge is 0.244 e. The molecule has 0 saturated carbocycles. The molecule has 1 heterocycles. The first-order valence-corrected chi connectivity index (χ1v) is 6.52. The van der Waals surface area contributed by atoms with Gasteiger partial charge < -0.3 is 14.8 Å². The average Bonchev–Trinajstić information content (AvgIpc) is 3.06. The van der Waals surface area contributed by atoms with Crippen LogP contribution in [0.5, 0.6) is 0 Å². The molecule has 4 nitrogen and oxygen atoms in total. The highest BCUT2D eigenvalue weighted by atomic mass is 16.3. The van der Waals surface area contributed by atoms with Crippen molar-refractivity contribution in [1.82, 2.24) is 5.32 Å². The van der Waals surface area contributed by atoms with Crippen LogP contribution in [0.3, 0.4) is 0 Å². The van der Waals surface area contributed by atoms with Crippen molar-refractivity contribution < 1.29 is 14.3 Å².